The van der Waals surface area contributed by atoms with Crippen LogP contribution in [0, 0.1) is 17.8 Å². The van der Waals surface area contributed by atoms with E-state index in [1.165, 1.54) is 44.6 Å². The number of carboxylic acid groups (broad SMARTS) is 1. The summed E-state index contributed by atoms with van der Waals surface area (Å²) in [7, 11) is 2.40. The summed E-state index contributed by atoms with van der Waals surface area (Å²) in [6.07, 6.45) is 10.8. The van der Waals surface area contributed by atoms with E-state index in [2.05, 4.69) is 58.0 Å². The average molecular weight is 428 g/mol. The van der Waals surface area contributed by atoms with E-state index in [0.29, 0.717) is 24.2 Å². The van der Waals surface area contributed by atoms with Gasteiger partial charge in [-0.1, -0.05) is 86.0 Å². The molecule has 0 aromatic heterocycles. The van der Waals surface area contributed by atoms with Crippen LogP contribution in [0.3, 0.4) is 0 Å². The van der Waals surface area contributed by atoms with Crippen molar-refractivity contribution in [2.75, 3.05) is 0 Å². The molecule has 5 heteroatoms. The maximum Gasteiger partial charge on any atom is 0.303 e. The second-order valence-corrected chi connectivity index (χ2v) is 14.7. The number of unbranched alkanes of at least 4 members (excludes halogenated alkanes) is 7. The van der Waals surface area contributed by atoms with Crippen LogP contribution >= 0.6 is 0 Å². The fourth-order valence-electron chi connectivity index (χ4n) is 3.84. The van der Waals surface area contributed by atoms with Gasteiger partial charge in [-0.3, -0.25) is 4.79 Å². The first-order valence-corrected chi connectivity index (χ1v) is 15.2. The second kappa shape index (κ2) is 14.0. The summed E-state index contributed by atoms with van der Waals surface area (Å²) in [5, 5.41) is 8.43. The minimum absolute atomic E-state index is 0.214. The second-order valence-electron chi connectivity index (χ2n) is 9.72. The largest absolute Gasteiger partial charge is 0.481 e. The Balaban J connectivity index is 4.22. The van der Waals surface area contributed by atoms with Gasteiger partial charge in [0.15, 0.2) is 8.32 Å². The lowest BCUT2D eigenvalue weighted by Gasteiger charge is -2.47. The van der Waals surface area contributed by atoms with Crippen molar-refractivity contribution in [3.8, 4) is 0 Å². The van der Waals surface area contributed by atoms with E-state index in [0.717, 1.165) is 19.3 Å². The van der Waals surface area contributed by atoms with Gasteiger partial charge in [0.2, 0.25) is 0 Å². The predicted octanol–water partition coefficient (Wildman–Crippen LogP) is 7.01. The van der Waals surface area contributed by atoms with Gasteiger partial charge in [0.1, 0.15) is 0 Å². The quantitative estimate of drug-likeness (QED) is 0.201. The Morgan fingerprint density at radius 1 is 0.964 bits per heavy atom. The molecule has 3 nitrogen and oxygen atoms in total. The number of carbonyl (C=O) groups is 1. The third kappa shape index (κ3) is 11.2. The van der Waals surface area contributed by atoms with Gasteiger partial charge in [-0.2, -0.15) is 0 Å². The lowest BCUT2D eigenvalue weighted by Crippen LogP contribution is -2.54. The summed E-state index contributed by atoms with van der Waals surface area (Å²) in [5.41, 5.74) is 0. The summed E-state index contributed by atoms with van der Waals surface area (Å²) < 4.78 is 6.90. The molecule has 0 aliphatic carbocycles. The molecule has 0 rings (SSSR count). The lowest BCUT2D eigenvalue weighted by molar-refractivity contribution is -0.137. The zero-order valence-electron chi connectivity index (χ0n) is 19.8. The minimum Gasteiger partial charge on any atom is -0.481 e. The van der Waals surface area contributed by atoms with E-state index < -0.39 is 14.3 Å². The first kappa shape index (κ1) is 27.9. The molecule has 0 aliphatic rings. The van der Waals surface area contributed by atoms with E-state index in [4.69, 9.17) is 9.53 Å². The van der Waals surface area contributed by atoms with Crippen LogP contribution < -0.4 is 0 Å². The first-order valence-electron chi connectivity index (χ1n) is 11.6. The van der Waals surface area contributed by atoms with Crippen LogP contribution in [0.25, 0.3) is 0 Å². The van der Waals surface area contributed by atoms with Crippen molar-refractivity contribution in [2.45, 2.75) is 123 Å². The SMILES string of the molecule is CCC(C)C([Si])(O[Si](C)(C)CCCCCCCCCCC(=O)O)C(C)C(C)C. The van der Waals surface area contributed by atoms with Crippen molar-refractivity contribution in [3.63, 3.8) is 0 Å². The number of hydrogen-bond donors (Lipinski definition) is 1. The molecule has 3 atom stereocenters. The molecule has 0 heterocycles. The minimum atomic E-state index is -1.73. The molecular formula is C23H47O3Si2. The van der Waals surface area contributed by atoms with Gasteiger partial charge in [-0.25, -0.2) is 0 Å². The van der Waals surface area contributed by atoms with Crippen LogP contribution in [0.1, 0.15) is 98.8 Å². The molecule has 0 aliphatic heterocycles. The van der Waals surface area contributed by atoms with Crippen molar-refractivity contribution in [1.82, 2.24) is 0 Å². The van der Waals surface area contributed by atoms with Gasteiger partial charge in [0.25, 0.3) is 0 Å². The molecule has 0 aromatic rings. The van der Waals surface area contributed by atoms with Gasteiger partial charge >= 0.3 is 5.97 Å². The van der Waals surface area contributed by atoms with E-state index in [1.807, 2.05) is 0 Å². The van der Waals surface area contributed by atoms with E-state index in [9.17, 15) is 4.79 Å². The highest BCUT2D eigenvalue weighted by atomic mass is 28.4. The Kier molecular flexibility index (Phi) is 13.9. The van der Waals surface area contributed by atoms with E-state index in [-0.39, 0.29) is 5.22 Å². The Labute approximate surface area is 180 Å². The zero-order chi connectivity index (χ0) is 21.8. The fourth-order valence-corrected chi connectivity index (χ4v) is 7.71. The predicted molar refractivity (Wildman–Crippen MR) is 125 cm³/mol. The van der Waals surface area contributed by atoms with Crippen LogP contribution in [-0.4, -0.2) is 34.9 Å². The molecule has 0 bridgehead atoms. The van der Waals surface area contributed by atoms with Gasteiger partial charge < -0.3 is 9.53 Å². The van der Waals surface area contributed by atoms with Crippen molar-refractivity contribution in [3.05, 3.63) is 0 Å². The highest BCUT2D eigenvalue weighted by Crippen LogP contribution is 2.37. The van der Waals surface area contributed by atoms with Crippen molar-refractivity contribution in [2.24, 2.45) is 17.8 Å². The smallest absolute Gasteiger partial charge is 0.303 e. The van der Waals surface area contributed by atoms with Gasteiger partial charge in [0.05, 0.1) is 10.2 Å². The summed E-state index contributed by atoms with van der Waals surface area (Å²) in [4.78, 5) is 10.5. The standard InChI is InChI=1S/C23H47O3Si2/c1-8-20(4)23(27,21(5)19(2)3)26-28(6,7)18-16-14-12-10-9-11-13-15-17-22(24)25/h19-21H,8-18H2,1-7H3,(H,24,25). The summed E-state index contributed by atoms with van der Waals surface area (Å²) in [6, 6.07) is 1.22. The van der Waals surface area contributed by atoms with E-state index >= 15 is 0 Å². The van der Waals surface area contributed by atoms with Crippen LogP contribution in [-0.2, 0) is 9.22 Å². The van der Waals surface area contributed by atoms with Crippen LogP contribution in [0.15, 0.2) is 0 Å². The van der Waals surface area contributed by atoms with Crippen molar-refractivity contribution < 1.29 is 14.3 Å². The summed E-state index contributed by atoms with van der Waals surface area (Å²) in [6.45, 7) is 16.2. The highest BCUT2D eigenvalue weighted by molar-refractivity contribution is 6.71. The van der Waals surface area contributed by atoms with Crippen molar-refractivity contribution >= 4 is 24.5 Å². The van der Waals surface area contributed by atoms with Gasteiger partial charge in [0, 0.05) is 11.6 Å². The molecule has 0 fully saturated rings. The molecule has 0 saturated carbocycles. The molecule has 3 unspecified atom stereocenters. The summed E-state index contributed by atoms with van der Waals surface area (Å²) >= 11 is 0. The van der Waals surface area contributed by atoms with Crippen molar-refractivity contribution in [1.29, 1.82) is 0 Å². The van der Waals surface area contributed by atoms with Crippen LogP contribution in [0.5, 0.6) is 0 Å². The number of rotatable bonds is 17. The molecule has 1 N–H and O–H groups in total. The third-order valence-electron chi connectivity index (χ3n) is 6.39. The highest BCUT2D eigenvalue weighted by Gasteiger charge is 2.42. The topological polar surface area (TPSA) is 46.5 Å². The molecule has 0 aromatic carbocycles. The van der Waals surface area contributed by atoms with Crippen LogP contribution in [0.2, 0.25) is 19.1 Å². The molecule has 0 saturated heterocycles. The normalized spacial score (nSPS) is 16.8. The van der Waals surface area contributed by atoms with Gasteiger partial charge in [-0.15, -0.1) is 0 Å². The number of aliphatic carboxylic acids is 1. The molecule has 0 amide bonds. The molecular weight excluding hydrogens is 380 g/mol. The molecule has 165 valence electrons. The van der Waals surface area contributed by atoms with Gasteiger partial charge in [-0.05, 0) is 43.3 Å². The monoisotopic (exact) mass is 427 g/mol. The zero-order valence-corrected chi connectivity index (χ0v) is 21.8. The molecule has 0 spiro atoms. The lowest BCUT2D eigenvalue weighted by atomic mass is 9.83. The Morgan fingerprint density at radius 3 is 1.86 bits per heavy atom. The summed E-state index contributed by atoms with van der Waals surface area (Å²) in [5.74, 6) is 0.894. The Bertz CT molecular complexity index is 426. The fraction of sp³-hybridized carbons (Fsp3) is 0.957. The third-order valence-corrected chi connectivity index (χ3v) is 10.1. The maximum absolute atomic E-state index is 10.5. The van der Waals surface area contributed by atoms with Crippen LogP contribution in [0.4, 0.5) is 0 Å². The first-order chi connectivity index (χ1) is 13.0. The number of carboxylic acids is 1. The average Bonchev–Trinajstić information content (AvgIpc) is 2.60. The Hall–Kier alpha value is -0.136. The molecule has 3 radical (unpaired) electrons. The maximum atomic E-state index is 10.5. The van der Waals surface area contributed by atoms with E-state index in [1.54, 1.807) is 0 Å². The Morgan fingerprint density at radius 2 is 1.43 bits per heavy atom. The molecule has 28 heavy (non-hydrogen) atoms. The number of hydrogen-bond acceptors (Lipinski definition) is 2.